The van der Waals surface area contributed by atoms with Crippen LogP contribution >= 0.6 is 0 Å². The molecule has 0 aliphatic heterocycles. The van der Waals surface area contributed by atoms with Gasteiger partial charge in [-0.3, -0.25) is 14.5 Å². The third-order valence-corrected chi connectivity index (χ3v) is 4.79. The van der Waals surface area contributed by atoms with Gasteiger partial charge in [-0.2, -0.15) is 0 Å². The van der Waals surface area contributed by atoms with Gasteiger partial charge in [0.25, 0.3) is 0 Å². The minimum atomic E-state index is 0.678. The first-order valence-corrected chi connectivity index (χ1v) is 9.70. The largest absolute Gasteiger partial charge is 0.272 e. The van der Waals surface area contributed by atoms with E-state index in [-0.39, 0.29) is 0 Å². The second kappa shape index (κ2) is 8.05. The van der Waals surface area contributed by atoms with Gasteiger partial charge in [-0.15, -0.1) is 10.2 Å². The number of hydrogen-bond donors (Lipinski definition) is 0. The number of rotatable bonds is 5. The maximum absolute atomic E-state index is 4.47. The minimum Gasteiger partial charge on any atom is -0.272 e. The van der Waals surface area contributed by atoms with Crippen molar-refractivity contribution in [3.05, 3.63) is 109 Å². The maximum Gasteiger partial charge on any atom is 0.187 e. The van der Waals surface area contributed by atoms with Crippen molar-refractivity contribution in [1.82, 2.24) is 24.7 Å². The molecule has 0 unspecified atom stereocenters. The van der Waals surface area contributed by atoms with Crippen LogP contribution in [0.4, 0.5) is 0 Å². The summed E-state index contributed by atoms with van der Waals surface area (Å²) in [5, 5.41) is 8.87. The summed E-state index contributed by atoms with van der Waals surface area (Å²) in [5.41, 5.74) is 3.72. The lowest BCUT2D eigenvalue weighted by molar-refractivity contribution is -0.688. The van der Waals surface area contributed by atoms with Gasteiger partial charge in [0.2, 0.25) is 0 Å². The normalized spacial score (nSPS) is 10.8. The molecule has 0 N–H and O–H groups in total. The highest BCUT2D eigenvalue weighted by molar-refractivity contribution is 5.62. The van der Waals surface area contributed by atoms with Crippen molar-refractivity contribution < 1.29 is 4.57 Å². The molecule has 4 heterocycles. The van der Waals surface area contributed by atoms with Crippen molar-refractivity contribution in [2.45, 2.75) is 6.54 Å². The van der Waals surface area contributed by atoms with Gasteiger partial charge in [0, 0.05) is 30.1 Å². The Morgan fingerprint density at radius 1 is 0.633 bits per heavy atom. The van der Waals surface area contributed by atoms with Gasteiger partial charge < -0.3 is 0 Å². The quantitative estimate of drug-likeness (QED) is 0.429. The average Bonchev–Trinajstić information content (AvgIpc) is 3.27. The van der Waals surface area contributed by atoms with Crippen LogP contribution in [0.15, 0.2) is 104 Å². The minimum absolute atomic E-state index is 0.678. The molecule has 4 aromatic heterocycles. The summed E-state index contributed by atoms with van der Waals surface area (Å²) in [5.74, 6) is 1.36. The molecule has 0 saturated carbocycles. The fourth-order valence-electron chi connectivity index (χ4n) is 3.35. The summed E-state index contributed by atoms with van der Waals surface area (Å²) >= 11 is 0. The molecule has 0 aliphatic carbocycles. The molecule has 6 heteroatoms. The van der Waals surface area contributed by atoms with Crippen LogP contribution in [0.5, 0.6) is 0 Å². The molecule has 30 heavy (non-hydrogen) atoms. The average molecular weight is 391 g/mol. The van der Waals surface area contributed by atoms with E-state index in [2.05, 4.69) is 73.5 Å². The third-order valence-electron chi connectivity index (χ3n) is 4.79. The predicted octanol–water partition coefficient (Wildman–Crippen LogP) is 3.73. The molecule has 6 nitrogen and oxygen atoms in total. The van der Waals surface area contributed by atoms with Crippen LogP contribution in [0.2, 0.25) is 0 Å². The SMILES string of the molecule is c1ccc(C[n+]2ccc(-n3c(-c4ccccn4)nnc3-c3ccccn3)cc2)cc1. The zero-order chi connectivity index (χ0) is 20.2. The Bertz CT molecular complexity index is 1180. The molecule has 0 amide bonds. The van der Waals surface area contributed by atoms with Crippen molar-refractivity contribution in [1.29, 1.82) is 0 Å². The Labute approximate surface area is 174 Å². The van der Waals surface area contributed by atoms with Crippen molar-refractivity contribution in [2.24, 2.45) is 0 Å². The molecule has 0 spiro atoms. The van der Waals surface area contributed by atoms with E-state index in [1.54, 1.807) is 12.4 Å². The van der Waals surface area contributed by atoms with Crippen molar-refractivity contribution in [2.75, 3.05) is 0 Å². The van der Waals surface area contributed by atoms with E-state index in [4.69, 9.17) is 0 Å². The van der Waals surface area contributed by atoms with E-state index in [1.165, 1.54) is 5.56 Å². The summed E-state index contributed by atoms with van der Waals surface area (Å²) in [4.78, 5) is 8.93. The summed E-state index contributed by atoms with van der Waals surface area (Å²) in [7, 11) is 0. The first-order chi connectivity index (χ1) is 14.9. The molecule has 144 valence electrons. The molecule has 5 aromatic rings. The lowest BCUT2D eigenvalue weighted by atomic mass is 10.2. The van der Waals surface area contributed by atoms with Crippen LogP contribution in [0.1, 0.15) is 5.56 Å². The van der Waals surface area contributed by atoms with Gasteiger partial charge in [-0.25, -0.2) is 4.57 Å². The lowest BCUT2D eigenvalue weighted by Gasteiger charge is -2.09. The fraction of sp³-hybridized carbons (Fsp3) is 0.0417. The molecule has 0 radical (unpaired) electrons. The molecule has 5 rings (SSSR count). The Kier molecular flexibility index (Phi) is 4.79. The highest BCUT2D eigenvalue weighted by Crippen LogP contribution is 2.25. The van der Waals surface area contributed by atoms with E-state index in [1.807, 2.05) is 47.0 Å². The number of aromatic nitrogens is 6. The first-order valence-electron chi connectivity index (χ1n) is 9.70. The van der Waals surface area contributed by atoms with Gasteiger partial charge in [-0.05, 0) is 24.3 Å². The van der Waals surface area contributed by atoms with E-state index in [0.29, 0.717) is 11.6 Å². The summed E-state index contributed by atoms with van der Waals surface area (Å²) in [6.07, 6.45) is 7.64. The Hall–Kier alpha value is -4.19. The zero-order valence-corrected chi connectivity index (χ0v) is 16.2. The van der Waals surface area contributed by atoms with E-state index < -0.39 is 0 Å². The Balaban J connectivity index is 1.58. The van der Waals surface area contributed by atoms with Crippen LogP contribution < -0.4 is 4.57 Å². The van der Waals surface area contributed by atoms with E-state index in [0.717, 1.165) is 23.6 Å². The maximum atomic E-state index is 4.47. The second-order valence-corrected chi connectivity index (χ2v) is 6.83. The number of hydrogen-bond acceptors (Lipinski definition) is 4. The van der Waals surface area contributed by atoms with Crippen molar-refractivity contribution in [3.8, 4) is 28.7 Å². The van der Waals surface area contributed by atoms with Crippen LogP contribution in [0.25, 0.3) is 28.7 Å². The molecule has 0 saturated heterocycles. The summed E-state index contributed by atoms with van der Waals surface area (Å²) in [6.45, 7) is 0.809. The molecule has 0 bridgehead atoms. The van der Waals surface area contributed by atoms with Crippen LogP contribution in [0.3, 0.4) is 0 Å². The van der Waals surface area contributed by atoms with Gasteiger partial charge in [0.1, 0.15) is 11.4 Å². The van der Waals surface area contributed by atoms with E-state index >= 15 is 0 Å². The van der Waals surface area contributed by atoms with Gasteiger partial charge in [0.15, 0.2) is 30.6 Å². The van der Waals surface area contributed by atoms with E-state index in [9.17, 15) is 0 Å². The molecule has 1 aromatic carbocycles. The molecule has 0 fully saturated rings. The highest BCUT2D eigenvalue weighted by atomic mass is 15.3. The Morgan fingerprint density at radius 3 is 1.73 bits per heavy atom. The van der Waals surface area contributed by atoms with Gasteiger partial charge in [0.05, 0.1) is 5.69 Å². The Morgan fingerprint density at radius 2 is 1.20 bits per heavy atom. The third kappa shape index (κ3) is 3.58. The monoisotopic (exact) mass is 391 g/mol. The van der Waals surface area contributed by atoms with Gasteiger partial charge in [-0.1, -0.05) is 42.5 Å². The topological polar surface area (TPSA) is 60.4 Å². The van der Waals surface area contributed by atoms with Crippen molar-refractivity contribution in [3.63, 3.8) is 0 Å². The number of pyridine rings is 3. The standard InChI is InChI=1S/C24H19N6/c1-2-8-19(9-3-1)18-29-16-12-20(13-17-29)30-23(21-10-4-6-14-25-21)27-28-24(30)22-11-5-7-15-26-22/h1-17H,18H2/q+1. The zero-order valence-electron chi connectivity index (χ0n) is 16.2. The summed E-state index contributed by atoms with van der Waals surface area (Å²) < 4.78 is 4.14. The first kappa shape index (κ1) is 17.9. The molecular weight excluding hydrogens is 372 g/mol. The molecule has 0 atom stereocenters. The fourth-order valence-corrected chi connectivity index (χ4v) is 3.35. The summed E-state index contributed by atoms with van der Waals surface area (Å²) in [6, 6.07) is 26.0. The molecular formula is C24H19N6+. The lowest BCUT2D eigenvalue weighted by Crippen LogP contribution is -2.33. The predicted molar refractivity (Wildman–Crippen MR) is 114 cm³/mol. The van der Waals surface area contributed by atoms with Gasteiger partial charge >= 0.3 is 0 Å². The smallest absolute Gasteiger partial charge is 0.187 e. The highest BCUT2D eigenvalue weighted by Gasteiger charge is 2.19. The van der Waals surface area contributed by atoms with Crippen LogP contribution in [-0.2, 0) is 6.54 Å². The second-order valence-electron chi connectivity index (χ2n) is 6.83. The van der Waals surface area contributed by atoms with Crippen LogP contribution in [0, 0.1) is 0 Å². The van der Waals surface area contributed by atoms with Crippen molar-refractivity contribution >= 4 is 0 Å². The van der Waals surface area contributed by atoms with Crippen LogP contribution in [-0.4, -0.2) is 24.7 Å². The number of benzene rings is 1. The molecule has 0 aliphatic rings. The number of nitrogens with zero attached hydrogens (tertiary/aromatic N) is 6.